The zero-order chi connectivity index (χ0) is 28.4. The molecule has 0 radical (unpaired) electrons. The summed E-state index contributed by atoms with van der Waals surface area (Å²) in [6.45, 7) is -0.559. The van der Waals surface area contributed by atoms with E-state index in [9.17, 15) is 30.6 Å². The van der Waals surface area contributed by atoms with E-state index in [-0.39, 0.29) is 60.2 Å². The average molecular weight is 553 g/mol. The molecule has 0 amide bonds. The van der Waals surface area contributed by atoms with Gasteiger partial charge in [-0.15, -0.1) is 0 Å². The molecule has 0 bridgehead atoms. The van der Waals surface area contributed by atoms with Crippen molar-refractivity contribution < 1.29 is 59.1 Å². The van der Waals surface area contributed by atoms with Crippen LogP contribution in [0.25, 0.3) is 0 Å². The van der Waals surface area contributed by atoms with Crippen molar-refractivity contribution in [3.05, 3.63) is 34.9 Å². The topological polar surface area (TPSA) is 177 Å². The number of hydrogen-bond donors (Lipinski definition) is 6. The van der Waals surface area contributed by atoms with Crippen LogP contribution < -0.4 is 18.9 Å². The predicted molar refractivity (Wildman–Crippen MR) is 136 cm³/mol. The Hall–Kier alpha value is -3.00. The molecule has 216 valence electrons. The predicted octanol–water partition coefficient (Wildman–Crippen LogP) is 0.500. The lowest BCUT2D eigenvalue weighted by Crippen LogP contribution is -2.54. The first kappa shape index (κ1) is 29.0. The van der Waals surface area contributed by atoms with Gasteiger partial charge in [-0.2, -0.15) is 0 Å². The molecule has 1 aliphatic carbocycles. The maximum atomic E-state index is 10.9. The van der Waals surface area contributed by atoms with Crippen molar-refractivity contribution in [3.63, 3.8) is 0 Å². The molecule has 0 spiro atoms. The second kappa shape index (κ2) is 12.0. The maximum Gasteiger partial charge on any atom is 0.201 e. The summed E-state index contributed by atoms with van der Waals surface area (Å²) < 4.78 is 32.7. The molecule has 2 aromatic rings. The number of methoxy groups -OCH3 is 4. The van der Waals surface area contributed by atoms with Crippen molar-refractivity contribution in [2.75, 3.05) is 48.3 Å². The van der Waals surface area contributed by atoms with Crippen LogP contribution in [0.1, 0.15) is 22.6 Å². The molecule has 0 saturated carbocycles. The molecule has 2 aliphatic rings. The Balaban J connectivity index is 1.83. The minimum Gasteiger partial charge on any atom is -0.502 e. The summed E-state index contributed by atoms with van der Waals surface area (Å²) in [5, 5.41) is 62.7. The summed E-state index contributed by atoms with van der Waals surface area (Å²) in [4.78, 5) is 0. The zero-order valence-electron chi connectivity index (χ0n) is 22.2. The number of benzene rings is 2. The van der Waals surface area contributed by atoms with E-state index in [1.807, 2.05) is 0 Å². The standard InChI is InChI=1S/C27H36O12/c1-34-17-7-13(8-18(35-2)23(17)31)20-15(9-28)14(10-38-26-22(30)16(29)11-39-27(26)33)5-12-6-19(36-3)24(32)25(37-4)21(12)20/h6-8,14-16,20,22,26-33H,5,9-11H2,1-4H3/t14-,15-,16-,20-,22+,26-,27+/m0/s1. The minimum atomic E-state index is -1.44. The summed E-state index contributed by atoms with van der Waals surface area (Å²) >= 11 is 0. The van der Waals surface area contributed by atoms with E-state index in [0.29, 0.717) is 17.5 Å². The summed E-state index contributed by atoms with van der Waals surface area (Å²) in [5.74, 6) is -1.23. The number of ether oxygens (including phenoxy) is 6. The Morgan fingerprint density at radius 2 is 1.49 bits per heavy atom. The van der Waals surface area contributed by atoms with E-state index in [1.165, 1.54) is 28.4 Å². The lowest BCUT2D eigenvalue weighted by molar-refractivity contribution is -0.267. The monoisotopic (exact) mass is 552 g/mol. The third-order valence-corrected chi connectivity index (χ3v) is 7.62. The number of aliphatic hydroxyl groups excluding tert-OH is 4. The van der Waals surface area contributed by atoms with E-state index in [2.05, 4.69) is 0 Å². The second-order valence-corrected chi connectivity index (χ2v) is 9.68. The van der Waals surface area contributed by atoms with Crippen LogP contribution in [-0.4, -0.2) is 104 Å². The van der Waals surface area contributed by atoms with Gasteiger partial charge in [0, 0.05) is 18.1 Å². The fourth-order valence-electron chi connectivity index (χ4n) is 5.62. The molecule has 12 heteroatoms. The van der Waals surface area contributed by atoms with Gasteiger partial charge in [0.1, 0.15) is 18.3 Å². The molecule has 39 heavy (non-hydrogen) atoms. The van der Waals surface area contributed by atoms with Gasteiger partial charge >= 0.3 is 0 Å². The van der Waals surface area contributed by atoms with Crippen LogP contribution in [0.2, 0.25) is 0 Å². The maximum absolute atomic E-state index is 10.9. The van der Waals surface area contributed by atoms with Crippen LogP contribution in [0.5, 0.6) is 34.5 Å². The first-order chi connectivity index (χ1) is 18.7. The molecule has 1 saturated heterocycles. The normalized spacial score (nSPS) is 28.5. The van der Waals surface area contributed by atoms with E-state index < -0.39 is 36.4 Å². The van der Waals surface area contributed by atoms with Crippen molar-refractivity contribution in [2.45, 2.75) is 36.9 Å². The van der Waals surface area contributed by atoms with E-state index >= 15 is 0 Å². The van der Waals surface area contributed by atoms with Gasteiger partial charge < -0.3 is 59.1 Å². The molecule has 1 heterocycles. The average Bonchev–Trinajstić information content (AvgIpc) is 2.94. The van der Waals surface area contributed by atoms with Gasteiger partial charge in [-0.25, -0.2) is 0 Å². The molecule has 1 fully saturated rings. The van der Waals surface area contributed by atoms with Gasteiger partial charge in [0.05, 0.1) is 41.7 Å². The largest absolute Gasteiger partial charge is 0.502 e. The molecular weight excluding hydrogens is 516 g/mol. The van der Waals surface area contributed by atoms with Crippen LogP contribution in [0.4, 0.5) is 0 Å². The van der Waals surface area contributed by atoms with Crippen molar-refractivity contribution in [1.29, 1.82) is 0 Å². The minimum absolute atomic E-state index is 0.0199. The number of hydrogen-bond acceptors (Lipinski definition) is 12. The smallest absolute Gasteiger partial charge is 0.201 e. The van der Waals surface area contributed by atoms with E-state index in [1.54, 1.807) is 18.2 Å². The molecule has 4 rings (SSSR count). The van der Waals surface area contributed by atoms with Crippen LogP contribution in [-0.2, 0) is 15.9 Å². The highest BCUT2D eigenvalue weighted by Gasteiger charge is 2.44. The first-order valence-electron chi connectivity index (χ1n) is 12.5. The summed E-state index contributed by atoms with van der Waals surface area (Å²) in [6.07, 6.45) is -4.87. The highest BCUT2D eigenvalue weighted by Crippen LogP contribution is 2.54. The fourth-order valence-corrected chi connectivity index (χ4v) is 5.62. The molecule has 6 N–H and O–H groups in total. The van der Waals surface area contributed by atoms with Gasteiger partial charge in [0.25, 0.3) is 0 Å². The molecule has 0 aromatic heterocycles. The molecule has 7 atom stereocenters. The number of fused-ring (bicyclic) bond motifs is 1. The number of aromatic hydroxyl groups is 2. The highest BCUT2D eigenvalue weighted by atomic mass is 16.6. The quantitative estimate of drug-likeness (QED) is 0.254. The molecule has 12 nitrogen and oxygen atoms in total. The lowest BCUT2D eigenvalue weighted by Gasteiger charge is -2.42. The molecule has 1 aliphatic heterocycles. The highest BCUT2D eigenvalue weighted by molar-refractivity contribution is 5.64. The Morgan fingerprint density at radius 1 is 0.872 bits per heavy atom. The fraction of sp³-hybridized carbons (Fsp3) is 0.556. The second-order valence-electron chi connectivity index (χ2n) is 9.68. The van der Waals surface area contributed by atoms with Gasteiger partial charge in [-0.05, 0) is 47.6 Å². The van der Waals surface area contributed by atoms with Gasteiger partial charge in [0.2, 0.25) is 11.5 Å². The molecular formula is C27H36O12. The Labute approximate surface area is 225 Å². The number of phenols is 2. The lowest BCUT2D eigenvalue weighted by atomic mass is 9.66. The van der Waals surface area contributed by atoms with Crippen LogP contribution in [0, 0.1) is 11.8 Å². The summed E-state index contributed by atoms with van der Waals surface area (Å²) in [5.41, 5.74) is 1.96. The summed E-state index contributed by atoms with van der Waals surface area (Å²) in [6, 6.07) is 4.93. The van der Waals surface area contributed by atoms with Crippen LogP contribution in [0.15, 0.2) is 18.2 Å². The summed E-state index contributed by atoms with van der Waals surface area (Å²) in [7, 11) is 5.65. The SMILES string of the molecule is COc1cc([C@@H]2c3c(cc(OC)c(O)c3OC)C[C@@H](CO[C@H]3[C@H](O)[C@@H](O)CO[C@H]3O)[C@@H]2CO)cc(OC)c1O. The van der Waals surface area contributed by atoms with Crippen molar-refractivity contribution in [2.24, 2.45) is 11.8 Å². The van der Waals surface area contributed by atoms with Crippen molar-refractivity contribution >= 4 is 0 Å². The van der Waals surface area contributed by atoms with E-state index in [4.69, 9.17) is 28.4 Å². The van der Waals surface area contributed by atoms with Crippen molar-refractivity contribution in [1.82, 2.24) is 0 Å². The van der Waals surface area contributed by atoms with Gasteiger partial charge in [-0.3, -0.25) is 0 Å². The third-order valence-electron chi connectivity index (χ3n) is 7.62. The van der Waals surface area contributed by atoms with E-state index in [0.717, 1.165) is 5.56 Å². The Bertz CT molecular complexity index is 1130. The first-order valence-corrected chi connectivity index (χ1v) is 12.5. The van der Waals surface area contributed by atoms with Gasteiger partial charge in [0.15, 0.2) is 29.3 Å². The number of phenolic OH excluding ortho intramolecular Hbond substituents is 2. The number of rotatable bonds is 9. The molecule has 2 aromatic carbocycles. The van der Waals surface area contributed by atoms with Crippen molar-refractivity contribution in [3.8, 4) is 34.5 Å². The molecule has 0 unspecified atom stereocenters. The Kier molecular flexibility index (Phi) is 8.94. The van der Waals surface area contributed by atoms with Crippen LogP contribution in [0.3, 0.4) is 0 Å². The third kappa shape index (κ3) is 5.28. The number of aliphatic hydroxyl groups is 4. The van der Waals surface area contributed by atoms with Crippen LogP contribution >= 0.6 is 0 Å². The van der Waals surface area contributed by atoms with Gasteiger partial charge in [-0.1, -0.05) is 0 Å². The zero-order valence-corrected chi connectivity index (χ0v) is 22.2. The Morgan fingerprint density at radius 3 is 2.05 bits per heavy atom.